The quantitative estimate of drug-likeness (QED) is 0.819. The maximum Gasteiger partial charge on any atom is 0.0156 e. The first kappa shape index (κ1) is 13.4. The van der Waals surface area contributed by atoms with Crippen molar-refractivity contribution >= 4 is 0 Å². The number of rotatable bonds is 3. The van der Waals surface area contributed by atoms with Gasteiger partial charge in [0, 0.05) is 11.6 Å². The topological polar surface area (TPSA) is 29.3 Å². The highest BCUT2D eigenvalue weighted by molar-refractivity contribution is 4.97. The highest BCUT2D eigenvalue weighted by atomic mass is 15.2. The van der Waals surface area contributed by atoms with E-state index in [0.717, 1.165) is 24.4 Å². The Bertz CT molecular complexity index is 249. The fraction of sp³-hybridized carbons (Fsp3) is 1.00. The summed E-state index contributed by atoms with van der Waals surface area (Å²) in [7, 11) is 0. The summed E-state index contributed by atoms with van der Waals surface area (Å²) in [4.78, 5) is 2.78. The molecule has 0 aromatic rings. The van der Waals surface area contributed by atoms with Gasteiger partial charge < -0.3 is 5.73 Å². The van der Waals surface area contributed by atoms with Crippen LogP contribution in [0.3, 0.4) is 0 Å². The van der Waals surface area contributed by atoms with Crippen molar-refractivity contribution in [2.75, 3.05) is 13.1 Å². The Morgan fingerprint density at radius 1 is 1.29 bits per heavy atom. The molecule has 3 unspecified atom stereocenters. The lowest BCUT2D eigenvalue weighted by molar-refractivity contribution is 0.0358. The van der Waals surface area contributed by atoms with Crippen molar-refractivity contribution in [1.29, 1.82) is 0 Å². The molecule has 2 fully saturated rings. The number of nitrogens with zero attached hydrogens (tertiary/aromatic N) is 1. The van der Waals surface area contributed by atoms with Gasteiger partial charge in [0.1, 0.15) is 0 Å². The van der Waals surface area contributed by atoms with Gasteiger partial charge in [-0.1, -0.05) is 19.8 Å². The molecule has 1 saturated heterocycles. The Hall–Kier alpha value is -0.0800. The van der Waals surface area contributed by atoms with Gasteiger partial charge in [0.25, 0.3) is 0 Å². The predicted octanol–water partition coefficient (Wildman–Crippen LogP) is 3.01. The van der Waals surface area contributed by atoms with Gasteiger partial charge in [-0.2, -0.15) is 0 Å². The van der Waals surface area contributed by atoms with E-state index in [0.29, 0.717) is 5.54 Å². The predicted molar refractivity (Wildman–Crippen MR) is 74.0 cm³/mol. The molecule has 0 aromatic carbocycles. The minimum atomic E-state index is 0.410. The Morgan fingerprint density at radius 2 is 2.06 bits per heavy atom. The van der Waals surface area contributed by atoms with E-state index in [9.17, 15) is 0 Å². The molecule has 2 heteroatoms. The van der Waals surface area contributed by atoms with Gasteiger partial charge in [-0.05, 0) is 64.5 Å². The van der Waals surface area contributed by atoms with Gasteiger partial charge in [-0.25, -0.2) is 0 Å². The van der Waals surface area contributed by atoms with Crippen LogP contribution in [0, 0.1) is 11.8 Å². The SMILES string of the molecule is CCC1CCC(CN)C(N2CCCC2(C)C)C1. The molecule has 1 saturated carbocycles. The molecule has 1 heterocycles. The van der Waals surface area contributed by atoms with Gasteiger partial charge >= 0.3 is 0 Å². The van der Waals surface area contributed by atoms with Crippen LogP contribution < -0.4 is 5.73 Å². The van der Waals surface area contributed by atoms with Gasteiger partial charge in [0.05, 0.1) is 0 Å². The van der Waals surface area contributed by atoms with Crippen molar-refractivity contribution < 1.29 is 0 Å². The van der Waals surface area contributed by atoms with Crippen LogP contribution in [0.25, 0.3) is 0 Å². The van der Waals surface area contributed by atoms with Crippen molar-refractivity contribution in [1.82, 2.24) is 4.90 Å². The zero-order chi connectivity index (χ0) is 12.5. The molecule has 0 amide bonds. The summed E-state index contributed by atoms with van der Waals surface area (Å²) >= 11 is 0. The van der Waals surface area contributed by atoms with Crippen molar-refractivity contribution in [2.24, 2.45) is 17.6 Å². The maximum atomic E-state index is 6.01. The first-order valence-corrected chi connectivity index (χ1v) is 7.55. The molecular formula is C15H30N2. The van der Waals surface area contributed by atoms with Gasteiger partial charge in [0.2, 0.25) is 0 Å². The van der Waals surface area contributed by atoms with Crippen LogP contribution in [0.1, 0.15) is 59.3 Å². The van der Waals surface area contributed by atoms with E-state index >= 15 is 0 Å². The highest BCUT2D eigenvalue weighted by Gasteiger charge is 2.41. The monoisotopic (exact) mass is 238 g/mol. The summed E-state index contributed by atoms with van der Waals surface area (Å²) in [5.74, 6) is 1.69. The average molecular weight is 238 g/mol. The summed E-state index contributed by atoms with van der Waals surface area (Å²) in [6.45, 7) is 9.37. The van der Waals surface area contributed by atoms with Crippen LogP contribution in [0.5, 0.6) is 0 Å². The Kier molecular flexibility index (Phi) is 4.14. The number of nitrogens with two attached hydrogens (primary N) is 1. The van der Waals surface area contributed by atoms with E-state index in [2.05, 4.69) is 25.7 Å². The lowest BCUT2D eigenvalue weighted by Gasteiger charge is -2.46. The van der Waals surface area contributed by atoms with Crippen LogP contribution >= 0.6 is 0 Å². The summed E-state index contributed by atoms with van der Waals surface area (Å²) in [5.41, 5.74) is 6.42. The summed E-state index contributed by atoms with van der Waals surface area (Å²) in [5, 5.41) is 0. The highest BCUT2D eigenvalue weighted by Crippen LogP contribution is 2.40. The van der Waals surface area contributed by atoms with Crippen molar-refractivity contribution in [2.45, 2.75) is 70.9 Å². The second-order valence-electron chi connectivity index (χ2n) is 6.76. The molecule has 1 aliphatic carbocycles. The number of hydrogen-bond donors (Lipinski definition) is 1. The van der Waals surface area contributed by atoms with Crippen molar-refractivity contribution in [3.05, 3.63) is 0 Å². The second kappa shape index (κ2) is 5.27. The van der Waals surface area contributed by atoms with E-state index in [1.165, 1.54) is 45.1 Å². The fourth-order valence-corrected chi connectivity index (χ4v) is 4.06. The molecule has 2 aliphatic rings. The molecular weight excluding hydrogens is 208 g/mol. The van der Waals surface area contributed by atoms with Crippen molar-refractivity contribution in [3.63, 3.8) is 0 Å². The fourth-order valence-electron chi connectivity index (χ4n) is 4.06. The Labute approximate surface area is 107 Å². The minimum Gasteiger partial charge on any atom is -0.330 e. The van der Waals surface area contributed by atoms with Crippen LogP contribution in [0.15, 0.2) is 0 Å². The third kappa shape index (κ3) is 2.68. The molecule has 3 atom stereocenters. The summed E-state index contributed by atoms with van der Waals surface area (Å²) in [6.07, 6.45) is 8.23. The molecule has 1 aliphatic heterocycles. The first-order valence-electron chi connectivity index (χ1n) is 7.55. The lowest BCUT2D eigenvalue weighted by atomic mass is 9.75. The zero-order valence-corrected chi connectivity index (χ0v) is 11.9. The van der Waals surface area contributed by atoms with Crippen LogP contribution in [0.2, 0.25) is 0 Å². The normalized spacial score (nSPS) is 38.5. The van der Waals surface area contributed by atoms with Gasteiger partial charge in [-0.15, -0.1) is 0 Å². The summed E-state index contributed by atoms with van der Waals surface area (Å²) < 4.78 is 0. The molecule has 2 N–H and O–H groups in total. The molecule has 2 nitrogen and oxygen atoms in total. The molecule has 17 heavy (non-hydrogen) atoms. The molecule has 0 aromatic heterocycles. The molecule has 0 bridgehead atoms. The number of hydrogen-bond acceptors (Lipinski definition) is 2. The molecule has 0 spiro atoms. The van der Waals surface area contributed by atoms with Gasteiger partial charge in [0.15, 0.2) is 0 Å². The van der Waals surface area contributed by atoms with Gasteiger partial charge in [-0.3, -0.25) is 4.90 Å². The molecule has 0 radical (unpaired) electrons. The van der Waals surface area contributed by atoms with Crippen molar-refractivity contribution in [3.8, 4) is 0 Å². The second-order valence-corrected chi connectivity index (χ2v) is 6.76. The maximum absolute atomic E-state index is 6.01. The van der Waals surface area contributed by atoms with E-state index in [1.54, 1.807) is 0 Å². The Morgan fingerprint density at radius 3 is 2.59 bits per heavy atom. The molecule has 100 valence electrons. The van der Waals surface area contributed by atoms with E-state index in [-0.39, 0.29) is 0 Å². The molecule has 2 rings (SSSR count). The average Bonchev–Trinajstić information content (AvgIpc) is 2.68. The minimum absolute atomic E-state index is 0.410. The standard InChI is InChI=1S/C15H30N2/c1-4-12-6-7-13(11-16)14(10-12)17-9-5-8-15(17,2)3/h12-14H,4-11,16H2,1-3H3. The van der Waals surface area contributed by atoms with Crippen LogP contribution in [0.4, 0.5) is 0 Å². The summed E-state index contributed by atoms with van der Waals surface area (Å²) in [6, 6.07) is 0.760. The van der Waals surface area contributed by atoms with E-state index < -0.39 is 0 Å². The third-order valence-electron chi connectivity index (χ3n) is 5.31. The zero-order valence-electron chi connectivity index (χ0n) is 11.9. The Balaban J connectivity index is 2.09. The lowest BCUT2D eigenvalue weighted by Crippen LogP contribution is -2.52. The largest absolute Gasteiger partial charge is 0.330 e. The van der Waals surface area contributed by atoms with E-state index in [1.807, 2.05) is 0 Å². The van der Waals surface area contributed by atoms with E-state index in [4.69, 9.17) is 5.73 Å². The smallest absolute Gasteiger partial charge is 0.0156 e. The third-order valence-corrected chi connectivity index (χ3v) is 5.31. The first-order chi connectivity index (χ1) is 8.08. The number of likely N-dealkylation sites (tertiary alicyclic amines) is 1. The van der Waals surface area contributed by atoms with Crippen LogP contribution in [-0.4, -0.2) is 29.6 Å². The van der Waals surface area contributed by atoms with Crippen LogP contribution in [-0.2, 0) is 0 Å².